The summed E-state index contributed by atoms with van der Waals surface area (Å²) in [5, 5.41) is 5.77. The van der Waals surface area contributed by atoms with Gasteiger partial charge in [0.1, 0.15) is 0 Å². The maximum absolute atomic E-state index is 12.3. The lowest BCUT2D eigenvalue weighted by atomic mass is 10.1. The monoisotopic (exact) mass is 375 g/mol. The molecule has 26 heavy (non-hydrogen) atoms. The zero-order chi connectivity index (χ0) is 18.1. The molecule has 1 unspecified atom stereocenters. The molecule has 1 atom stereocenters. The topological polar surface area (TPSA) is 84.2 Å². The van der Waals surface area contributed by atoms with Gasteiger partial charge in [0.15, 0.2) is 0 Å². The molecule has 0 saturated carbocycles. The summed E-state index contributed by atoms with van der Waals surface area (Å²) in [6, 6.07) is 15.8. The van der Waals surface area contributed by atoms with E-state index in [0.717, 1.165) is 19.3 Å². The highest BCUT2D eigenvalue weighted by Gasteiger charge is 2.12. The molecule has 2 aromatic rings. The number of carbonyl (C=O) groups excluding carboxylic acids is 2. The second-order valence-corrected chi connectivity index (χ2v) is 5.95. The highest BCUT2D eigenvalue weighted by Crippen LogP contribution is 2.12. The van der Waals surface area contributed by atoms with E-state index in [4.69, 9.17) is 5.73 Å². The number of nitrogens with two attached hydrogens (primary N) is 1. The number of halogens is 1. The second-order valence-electron chi connectivity index (χ2n) is 5.95. The summed E-state index contributed by atoms with van der Waals surface area (Å²) in [5.74, 6) is -0.326. The zero-order valence-electron chi connectivity index (χ0n) is 14.9. The molecule has 4 N–H and O–H groups in total. The molecule has 140 valence electrons. The lowest BCUT2D eigenvalue weighted by Gasteiger charge is -2.16. The number of rotatable bonds is 8. The highest BCUT2D eigenvalue weighted by atomic mass is 35.5. The van der Waals surface area contributed by atoms with Gasteiger partial charge in [-0.3, -0.25) is 9.59 Å². The zero-order valence-corrected chi connectivity index (χ0v) is 15.7. The Morgan fingerprint density at radius 1 is 0.962 bits per heavy atom. The normalized spacial score (nSPS) is 11.2. The van der Waals surface area contributed by atoms with Gasteiger partial charge >= 0.3 is 0 Å². The van der Waals surface area contributed by atoms with Crippen LogP contribution in [0, 0.1) is 0 Å². The second kappa shape index (κ2) is 11.3. The summed E-state index contributed by atoms with van der Waals surface area (Å²) < 4.78 is 0. The third kappa shape index (κ3) is 6.50. The van der Waals surface area contributed by atoms with Crippen LogP contribution in [0.15, 0.2) is 54.6 Å². The van der Waals surface area contributed by atoms with Crippen molar-refractivity contribution in [3.63, 3.8) is 0 Å². The van der Waals surface area contributed by atoms with Gasteiger partial charge in [0.2, 0.25) is 0 Å². The molecule has 2 amide bonds. The van der Waals surface area contributed by atoms with Crippen molar-refractivity contribution >= 4 is 29.9 Å². The van der Waals surface area contributed by atoms with E-state index < -0.39 is 0 Å². The number of amides is 2. The first-order chi connectivity index (χ1) is 12.1. The van der Waals surface area contributed by atoms with Gasteiger partial charge in [-0.25, -0.2) is 0 Å². The summed E-state index contributed by atoms with van der Waals surface area (Å²) in [5.41, 5.74) is 7.49. The summed E-state index contributed by atoms with van der Waals surface area (Å²) in [4.78, 5) is 24.4. The van der Waals surface area contributed by atoms with E-state index in [1.807, 2.05) is 18.2 Å². The van der Waals surface area contributed by atoms with Gasteiger partial charge in [-0.2, -0.15) is 0 Å². The Hall–Kier alpha value is -2.37. The molecule has 0 saturated heterocycles. The maximum atomic E-state index is 12.3. The standard InChI is InChI=1S/C20H25N3O2.ClH/c1-2-3-9-18(14-21)23-20(25)16-10-12-17(13-11-16)22-19(24)15-7-5-4-6-8-15;/h4-8,10-13,18H,2-3,9,14,21H2,1H3,(H,22,24)(H,23,25);1H. The fourth-order valence-electron chi connectivity index (χ4n) is 2.47. The maximum Gasteiger partial charge on any atom is 0.255 e. The molecule has 0 aliphatic carbocycles. The van der Waals surface area contributed by atoms with Crippen molar-refractivity contribution < 1.29 is 9.59 Å². The summed E-state index contributed by atoms with van der Waals surface area (Å²) in [6.07, 6.45) is 2.98. The molecule has 0 heterocycles. The molecule has 2 rings (SSSR count). The lowest BCUT2D eigenvalue weighted by Crippen LogP contribution is -2.40. The van der Waals surface area contributed by atoms with Crippen molar-refractivity contribution in [3.8, 4) is 0 Å². The van der Waals surface area contributed by atoms with Gasteiger partial charge in [-0.15, -0.1) is 12.4 Å². The quantitative estimate of drug-likeness (QED) is 0.659. The summed E-state index contributed by atoms with van der Waals surface area (Å²) >= 11 is 0. The molecule has 0 aromatic heterocycles. The van der Waals surface area contributed by atoms with Gasteiger partial charge < -0.3 is 16.4 Å². The van der Waals surface area contributed by atoms with Gasteiger partial charge in [-0.1, -0.05) is 38.0 Å². The predicted octanol–water partition coefficient (Wildman–Crippen LogP) is 3.61. The third-order valence-corrected chi connectivity index (χ3v) is 3.97. The minimum absolute atomic E-state index is 0. The van der Waals surface area contributed by atoms with Crippen LogP contribution < -0.4 is 16.4 Å². The number of unbranched alkanes of at least 4 members (excludes halogenated alkanes) is 1. The van der Waals surface area contributed by atoms with Gasteiger partial charge in [-0.05, 0) is 42.8 Å². The van der Waals surface area contributed by atoms with Gasteiger partial charge in [0, 0.05) is 29.4 Å². The molecule has 2 aromatic carbocycles. The number of anilines is 1. The fraction of sp³-hybridized carbons (Fsp3) is 0.300. The van der Waals surface area contributed by atoms with Gasteiger partial charge in [0.05, 0.1) is 0 Å². The fourth-order valence-corrected chi connectivity index (χ4v) is 2.47. The van der Waals surface area contributed by atoms with Crippen LogP contribution in [-0.2, 0) is 0 Å². The van der Waals surface area contributed by atoms with E-state index >= 15 is 0 Å². The van der Waals surface area contributed by atoms with Crippen LogP contribution in [0.1, 0.15) is 46.9 Å². The number of benzene rings is 2. The van der Waals surface area contributed by atoms with Crippen LogP contribution >= 0.6 is 12.4 Å². The van der Waals surface area contributed by atoms with Crippen molar-refractivity contribution in [1.82, 2.24) is 5.32 Å². The first-order valence-corrected chi connectivity index (χ1v) is 8.61. The molecule has 0 aliphatic heterocycles. The van der Waals surface area contributed by atoms with Crippen LogP contribution in [0.2, 0.25) is 0 Å². The Kier molecular flexibility index (Phi) is 9.41. The minimum atomic E-state index is -0.180. The Morgan fingerprint density at radius 2 is 1.58 bits per heavy atom. The SMILES string of the molecule is CCCCC(CN)NC(=O)c1ccc(NC(=O)c2ccccc2)cc1.Cl. The van der Waals surface area contributed by atoms with E-state index in [-0.39, 0.29) is 30.3 Å². The first kappa shape index (κ1) is 21.7. The van der Waals surface area contributed by atoms with Crippen molar-refractivity contribution in [3.05, 3.63) is 65.7 Å². The summed E-state index contributed by atoms with van der Waals surface area (Å²) in [6.45, 7) is 2.54. The van der Waals surface area contributed by atoms with Crippen molar-refractivity contribution in [2.45, 2.75) is 32.2 Å². The predicted molar refractivity (Wildman–Crippen MR) is 108 cm³/mol. The van der Waals surface area contributed by atoms with E-state index in [1.165, 1.54) is 0 Å². The molecule has 5 nitrogen and oxygen atoms in total. The number of hydrogen-bond donors (Lipinski definition) is 3. The number of hydrogen-bond acceptors (Lipinski definition) is 3. The molecule has 0 spiro atoms. The van der Waals surface area contributed by atoms with Crippen LogP contribution in [0.4, 0.5) is 5.69 Å². The molecular weight excluding hydrogens is 350 g/mol. The Morgan fingerprint density at radius 3 is 2.15 bits per heavy atom. The largest absolute Gasteiger partial charge is 0.348 e. The number of carbonyl (C=O) groups is 2. The highest BCUT2D eigenvalue weighted by molar-refractivity contribution is 6.04. The Labute approximate surface area is 160 Å². The van der Waals surface area contributed by atoms with Gasteiger partial charge in [0.25, 0.3) is 11.8 Å². The van der Waals surface area contributed by atoms with Crippen molar-refractivity contribution in [2.24, 2.45) is 5.73 Å². The van der Waals surface area contributed by atoms with Crippen LogP contribution in [0.3, 0.4) is 0 Å². The average Bonchev–Trinajstić information content (AvgIpc) is 2.66. The van der Waals surface area contributed by atoms with Crippen molar-refractivity contribution in [1.29, 1.82) is 0 Å². The average molecular weight is 376 g/mol. The summed E-state index contributed by atoms with van der Waals surface area (Å²) in [7, 11) is 0. The van der Waals surface area contributed by atoms with E-state index in [1.54, 1.807) is 36.4 Å². The van der Waals surface area contributed by atoms with Crippen molar-refractivity contribution in [2.75, 3.05) is 11.9 Å². The Balaban J connectivity index is 0.00000338. The molecule has 0 aliphatic rings. The van der Waals surface area contributed by atoms with E-state index in [9.17, 15) is 9.59 Å². The smallest absolute Gasteiger partial charge is 0.255 e. The number of nitrogens with one attached hydrogen (secondary N) is 2. The lowest BCUT2D eigenvalue weighted by molar-refractivity contribution is 0.0935. The van der Waals surface area contributed by atoms with E-state index in [2.05, 4.69) is 17.6 Å². The Bertz CT molecular complexity index is 690. The van der Waals surface area contributed by atoms with Crippen LogP contribution in [0.25, 0.3) is 0 Å². The third-order valence-electron chi connectivity index (χ3n) is 3.97. The molecule has 0 radical (unpaired) electrons. The first-order valence-electron chi connectivity index (χ1n) is 8.61. The van der Waals surface area contributed by atoms with Crippen LogP contribution in [-0.4, -0.2) is 24.4 Å². The van der Waals surface area contributed by atoms with E-state index in [0.29, 0.717) is 23.4 Å². The van der Waals surface area contributed by atoms with Crippen LogP contribution in [0.5, 0.6) is 0 Å². The molecule has 0 bridgehead atoms. The molecular formula is C20H26ClN3O2. The molecule has 0 fully saturated rings. The minimum Gasteiger partial charge on any atom is -0.348 e. The molecule has 6 heteroatoms.